The monoisotopic (exact) mass is 241 g/mol. The molecular formula is C14H31N3. The molecule has 1 aliphatic rings. The molecule has 3 heteroatoms. The molecule has 0 saturated carbocycles. The number of hydrogen-bond donors (Lipinski definition) is 1. The molecule has 17 heavy (non-hydrogen) atoms. The zero-order valence-electron chi connectivity index (χ0n) is 12.2. The molecule has 1 unspecified atom stereocenters. The Bertz CT molecular complexity index is 182. The average Bonchev–Trinajstić information content (AvgIpc) is 2.35. The third-order valence-electron chi connectivity index (χ3n) is 4.07. The highest BCUT2D eigenvalue weighted by Gasteiger charge is 2.18. The van der Waals surface area contributed by atoms with Crippen molar-refractivity contribution in [2.75, 3.05) is 39.8 Å². The minimum absolute atomic E-state index is 0.714. The van der Waals surface area contributed by atoms with E-state index in [9.17, 15) is 0 Å². The summed E-state index contributed by atoms with van der Waals surface area (Å²) in [5, 5.41) is 3.38. The molecule has 1 saturated heterocycles. The summed E-state index contributed by atoms with van der Waals surface area (Å²) < 4.78 is 0. The lowest BCUT2D eigenvalue weighted by atomic mass is 10.1. The highest BCUT2D eigenvalue weighted by molar-refractivity contribution is 4.74. The largest absolute Gasteiger partial charge is 0.317 e. The van der Waals surface area contributed by atoms with E-state index >= 15 is 0 Å². The van der Waals surface area contributed by atoms with Crippen molar-refractivity contribution >= 4 is 0 Å². The molecule has 1 N–H and O–H groups in total. The second-order valence-corrected chi connectivity index (χ2v) is 5.51. The van der Waals surface area contributed by atoms with Crippen LogP contribution in [0, 0.1) is 0 Å². The molecule has 0 radical (unpaired) electrons. The van der Waals surface area contributed by atoms with Crippen LogP contribution in [0.2, 0.25) is 0 Å². The first-order valence-electron chi connectivity index (χ1n) is 7.31. The summed E-state index contributed by atoms with van der Waals surface area (Å²) in [7, 11) is 2.08. The van der Waals surface area contributed by atoms with Crippen molar-refractivity contribution < 1.29 is 0 Å². The Kier molecular flexibility index (Phi) is 7.09. The predicted octanol–water partition coefficient (Wildman–Crippen LogP) is 1.79. The van der Waals surface area contributed by atoms with Gasteiger partial charge in [-0.2, -0.15) is 0 Å². The van der Waals surface area contributed by atoms with E-state index in [2.05, 4.69) is 42.9 Å². The molecule has 1 heterocycles. The maximum Gasteiger partial charge on any atom is 0.0113 e. The Morgan fingerprint density at radius 3 is 2.24 bits per heavy atom. The minimum Gasteiger partial charge on any atom is -0.317 e. The summed E-state index contributed by atoms with van der Waals surface area (Å²) in [5.74, 6) is 0. The number of nitrogens with zero attached hydrogens (tertiary/aromatic N) is 2. The third kappa shape index (κ3) is 5.36. The summed E-state index contributed by atoms with van der Waals surface area (Å²) >= 11 is 0. The molecule has 1 aliphatic heterocycles. The molecule has 0 aromatic carbocycles. The fourth-order valence-electron chi connectivity index (χ4n) is 2.62. The zero-order chi connectivity index (χ0) is 12.7. The smallest absolute Gasteiger partial charge is 0.0113 e. The van der Waals surface area contributed by atoms with Crippen LogP contribution in [0.4, 0.5) is 0 Å². The lowest BCUT2D eigenvalue weighted by molar-refractivity contribution is 0.107. The molecule has 1 atom stereocenters. The average molecular weight is 241 g/mol. The molecule has 3 nitrogen and oxygen atoms in total. The van der Waals surface area contributed by atoms with Crippen LogP contribution in [0.5, 0.6) is 0 Å². The molecule has 0 amide bonds. The first-order valence-corrected chi connectivity index (χ1v) is 7.31. The van der Waals surface area contributed by atoms with Gasteiger partial charge in [0.25, 0.3) is 0 Å². The van der Waals surface area contributed by atoms with Crippen LogP contribution < -0.4 is 5.32 Å². The van der Waals surface area contributed by atoms with Gasteiger partial charge in [-0.1, -0.05) is 6.92 Å². The SMILES string of the molecule is CCC(CCCN1CCN(C(C)C)CC1)NC. The van der Waals surface area contributed by atoms with E-state index in [0.717, 1.165) is 0 Å². The molecule has 1 fully saturated rings. The van der Waals surface area contributed by atoms with Gasteiger partial charge in [-0.25, -0.2) is 0 Å². The quantitative estimate of drug-likeness (QED) is 0.733. The Morgan fingerprint density at radius 2 is 1.76 bits per heavy atom. The van der Waals surface area contributed by atoms with Crippen LogP contribution in [-0.2, 0) is 0 Å². The number of hydrogen-bond acceptors (Lipinski definition) is 3. The number of rotatable bonds is 7. The van der Waals surface area contributed by atoms with Gasteiger partial charge in [-0.05, 0) is 46.7 Å². The van der Waals surface area contributed by atoms with Crippen molar-refractivity contribution in [3.05, 3.63) is 0 Å². The van der Waals surface area contributed by atoms with E-state index in [1.807, 2.05) is 0 Å². The molecule has 0 aromatic rings. The van der Waals surface area contributed by atoms with Crippen LogP contribution in [-0.4, -0.2) is 61.7 Å². The van der Waals surface area contributed by atoms with Crippen LogP contribution in [0.25, 0.3) is 0 Å². The first-order chi connectivity index (χ1) is 8.17. The lowest BCUT2D eigenvalue weighted by Gasteiger charge is -2.37. The molecule has 0 bridgehead atoms. The molecule has 1 rings (SSSR count). The van der Waals surface area contributed by atoms with Gasteiger partial charge in [0, 0.05) is 38.3 Å². The van der Waals surface area contributed by atoms with E-state index in [-0.39, 0.29) is 0 Å². The highest BCUT2D eigenvalue weighted by atomic mass is 15.3. The van der Waals surface area contributed by atoms with Gasteiger partial charge in [-0.3, -0.25) is 4.90 Å². The normalized spacial score (nSPS) is 21.0. The van der Waals surface area contributed by atoms with E-state index in [4.69, 9.17) is 0 Å². The van der Waals surface area contributed by atoms with Gasteiger partial charge < -0.3 is 10.2 Å². The van der Waals surface area contributed by atoms with Gasteiger partial charge in [0.1, 0.15) is 0 Å². The summed E-state index contributed by atoms with van der Waals surface area (Å²) in [4.78, 5) is 5.21. The number of nitrogens with one attached hydrogen (secondary N) is 1. The first kappa shape index (κ1) is 14.9. The highest BCUT2D eigenvalue weighted by Crippen LogP contribution is 2.08. The molecular weight excluding hydrogens is 210 g/mol. The van der Waals surface area contributed by atoms with Crippen molar-refractivity contribution in [3.63, 3.8) is 0 Å². The van der Waals surface area contributed by atoms with Gasteiger partial charge in [0.2, 0.25) is 0 Å². The predicted molar refractivity (Wildman–Crippen MR) is 75.5 cm³/mol. The minimum atomic E-state index is 0.714. The Morgan fingerprint density at radius 1 is 1.12 bits per heavy atom. The summed E-state index contributed by atoms with van der Waals surface area (Å²) in [6.45, 7) is 13.2. The van der Waals surface area contributed by atoms with Crippen LogP contribution in [0.15, 0.2) is 0 Å². The summed E-state index contributed by atoms with van der Waals surface area (Å²) in [6, 6.07) is 1.43. The van der Waals surface area contributed by atoms with Crippen LogP contribution in [0.1, 0.15) is 40.0 Å². The fourth-order valence-corrected chi connectivity index (χ4v) is 2.62. The van der Waals surface area contributed by atoms with E-state index in [0.29, 0.717) is 12.1 Å². The van der Waals surface area contributed by atoms with E-state index in [1.165, 1.54) is 52.0 Å². The van der Waals surface area contributed by atoms with E-state index in [1.54, 1.807) is 0 Å². The second-order valence-electron chi connectivity index (χ2n) is 5.51. The van der Waals surface area contributed by atoms with Crippen molar-refractivity contribution in [3.8, 4) is 0 Å². The van der Waals surface area contributed by atoms with Crippen LogP contribution >= 0.6 is 0 Å². The van der Waals surface area contributed by atoms with Crippen molar-refractivity contribution in [1.82, 2.24) is 15.1 Å². The molecule has 0 spiro atoms. The molecule has 0 aliphatic carbocycles. The van der Waals surface area contributed by atoms with Gasteiger partial charge in [0.05, 0.1) is 0 Å². The standard InChI is InChI=1S/C14H31N3/c1-5-14(15-4)7-6-8-16-9-11-17(12-10-16)13(2)3/h13-15H,5-12H2,1-4H3. The Balaban J connectivity index is 2.10. The maximum absolute atomic E-state index is 3.38. The van der Waals surface area contributed by atoms with Gasteiger partial charge in [-0.15, -0.1) is 0 Å². The Labute approximate surface area is 108 Å². The van der Waals surface area contributed by atoms with Crippen LogP contribution in [0.3, 0.4) is 0 Å². The second kappa shape index (κ2) is 8.06. The lowest BCUT2D eigenvalue weighted by Crippen LogP contribution is -2.49. The third-order valence-corrected chi connectivity index (χ3v) is 4.07. The van der Waals surface area contributed by atoms with Gasteiger partial charge in [0.15, 0.2) is 0 Å². The summed E-state index contributed by atoms with van der Waals surface area (Å²) in [5.41, 5.74) is 0. The summed E-state index contributed by atoms with van der Waals surface area (Å²) in [6.07, 6.45) is 3.90. The fraction of sp³-hybridized carbons (Fsp3) is 1.00. The molecule has 0 aromatic heterocycles. The zero-order valence-corrected chi connectivity index (χ0v) is 12.2. The van der Waals surface area contributed by atoms with Crippen molar-refractivity contribution in [1.29, 1.82) is 0 Å². The maximum atomic E-state index is 3.38. The molecule has 102 valence electrons. The van der Waals surface area contributed by atoms with Crippen molar-refractivity contribution in [2.45, 2.75) is 52.1 Å². The Hall–Kier alpha value is -0.120. The van der Waals surface area contributed by atoms with E-state index < -0.39 is 0 Å². The van der Waals surface area contributed by atoms with Crippen molar-refractivity contribution in [2.24, 2.45) is 0 Å². The number of piperazine rings is 1. The van der Waals surface area contributed by atoms with Gasteiger partial charge >= 0.3 is 0 Å². The topological polar surface area (TPSA) is 18.5 Å².